The Bertz CT molecular complexity index is 890. The quantitative estimate of drug-likeness (QED) is 0.561. The Kier molecular flexibility index (Phi) is 5.71. The van der Waals surface area contributed by atoms with E-state index in [1.165, 1.54) is 24.8 Å². The van der Waals surface area contributed by atoms with E-state index >= 15 is 0 Å². The Balaban J connectivity index is 1.63. The van der Waals surface area contributed by atoms with E-state index in [-0.39, 0.29) is 0 Å². The van der Waals surface area contributed by atoms with Crippen LogP contribution in [0.25, 0.3) is 11.4 Å². The number of nitrogens with one attached hydrogen (secondary N) is 2. The van der Waals surface area contributed by atoms with Crippen LogP contribution < -0.4 is 16.4 Å². The van der Waals surface area contributed by atoms with E-state index in [1.54, 1.807) is 0 Å². The number of nitrogen functional groups attached to an aromatic ring is 1. The smallest absolute Gasteiger partial charge is 0.164 e. The molecule has 4 rings (SSSR count). The van der Waals surface area contributed by atoms with Crippen LogP contribution >= 0.6 is 0 Å². The predicted octanol–water partition coefficient (Wildman–Crippen LogP) is 5.08. The van der Waals surface area contributed by atoms with E-state index in [0.29, 0.717) is 29.9 Å². The van der Waals surface area contributed by atoms with Gasteiger partial charge in [0.05, 0.1) is 0 Å². The van der Waals surface area contributed by atoms with Crippen LogP contribution in [0.5, 0.6) is 0 Å². The highest BCUT2D eigenvalue weighted by molar-refractivity contribution is 5.77. The van der Waals surface area contributed by atoms with Crippen molar-refractivity contribution in [2.24, 2.45) is 0 Å². The zero-order valence-electron chi connectivity index (χ0n) is 16.1. The molecule has 0 unspecified atom stereocenters. The Morgan fingerprint density at radius 2 is 1.46 bits per heavy atom. The summed E-state index contributed by atoms with van der Waals surface area (Å²) in [6.45, 7) is 0.666. The van der Waals surface area contributed by atoms with Gasteiger partial charge in [-0.2, -0.15) is 0 Å². The average molecular weight is 374 g/mol. The molecule has 28 heavy (non-hydrogen) atoms. The molecule has 0 aliphatic heterocycles. The van der Waals surface area contributed by atoms with Gasteiger partial charge in [-0.05, 0) is 18.4 Å². The molecule has 144 valence electrons. The topological polar surface area (TPSA) is 75.9 Å². The van der Waals surface area contributed by atoms with Gasteiger partial charge in [-0.1, -0.05) is 79.9 Å². The molecular formula is C23H27N5. The number of benzene rings is 2. The van der Waals surface area contributed by atoms with Gasteiger partial charge in [0, 0.05) is 18.2 Å². The molecule has 2 aromatic carbocycles. The van der Waals surface area contributed by atoms with E-state index in [2.05, 4.69) is 22.8 Å². The van der Waals surface area contributed by atoms with Gasteiger partial charge in [-0.15, -0.1) is 0 Å². The molecule has 5 nitrogen and oxygen atoms in total. The Hall–Kier alpha value is -3.08. The summed E-state index contributed by atoms with van der Waals surface area (Å²) >= 11 is 0. The number of hydrogen-bond donors (Lipinski definition) is 3. The fourth-order valence-corrected chi connectivity index (χ4v) is 3.65. The summed E-state index contributed by atoms with van der Waals surface area (Å²) < 4.78 is 0. The van der Waals surface area contributed by atoms with E-state index in [4.69, 9.17) is 15.7 Å². The number of rotatable bonds is 6. The zero-order valence-corrected chi connectivity index (χ0v) is 16.1. The minimum absolute atomic E-state index is 0.427. The second-order valence-corrected chi connectivity index (χ2v) is 7.34. The molecule has 1 aliphatic carbocycles. The van der Waals surface area contributed by atoms with Crippen LogP contribution in [-0.4, -0.2) is 16.0 Å². The minimum Gasteiger partial charge on any atom is -0.393 e. The van der Waals surface area contributed by atoms with E-state index in [1.807, 2.05) is 48.5 Å². The van der Waals surface area contributed by atoms with Crippen molar-refractivity contribution in [2.45, 2.75) is 44.7 Å². The zero-order chi connectivity index (χ0) is 19.2. The maximum Gasteiger partial charge on any atom is 0.164 e. The van der Waals surface area contributed by atoms with Crippen LogP contribution in [-0.2, 0) is 6.54 Å². The van der Waals surface area contributed by atoms with Gasteiger partial charge in [0.2, 0.25) is 0 Å². The summed E-state index contributed by atoms with van der Waals surface area (Å²) in [7, 11) is 0. The van der Waals surface area contributed by atoms with Crippen molar-refractivity contribution in [1.29, 1.82) is 0 Å². The fraction of sp³-hybridized carbons (Fsp3) is 0.304. The molecule has 0 spiro atoms. The minimum atomic E-state index is 0.427. The first-order valence-electron chi connectivity index (χ1n) is 10.1. The van der Waals surface area contributed by atoms with Gasteiger partial charge in [-0.25, -0.2) is 9.97 Å². The summed E-state index contributed by atoms with van der Waals surface area (Å²) in [5, 5.41) is 6.98. The lowest BCUT2D eigenvalue weighted by atomic mass is 9.95. The Morgan fingerprint density at radius 1 is 0.821 bits per heavy atom. The highest BCUT2D eigenvalue weighted by Gasteiger charge is 2.18. The third kappa shape index (κ3) is 4.42. The van der Waals surface area contributed by atoms with Crippen molar-refractivity contribution in [1.82, 2.24) is 9.97 Å². The second kappa shape index (κ2) is 8.74. The van der Waals surface area contributed by atoms with Crippen molar-refractivity contribution in [3.8, 4) is 11.4 Å². The third-order valence-corrected chi connectivity index (χ3v) is 5.23. The summed E-state index contributed by atoms with van der Waals surface area (Å²) in [5.41, 5.74) is 9.21. The second-order valence-electron chi connectivity index (χ2n) is 7.34. The van der Waals surface area contributed by atoms with Crippen molar-refractivity contribution < 1.29 is 0 Å². The number of hydrogen-bond acceptors (Lipinski definition) is 5. The normalized spacial score (nSPS) is 14.6. The summed E-state index contributed by atoms with van der Waals surface area (Å²) in [6, 6.07) is 20.7. The molecule has 0 amide bonds. The average Bonchev–Trinajstić information content (AvgIpc) is 2.76. The van der Waals surface area contributed by atoms with Crippen molar-refractivity contribution >= 4 is 17.3 Å². The van der Waals surface area contributed by atoms with Crippen molar-refractivity contribution in [3.05, 3.63) is 66.2 Å². The molecule has 1 aromatic heterocycles. The summed E-state index contributed by atoms with van der Waals surface area (Å²) in [4.78, 5) is 9.49. The molecule has 0 radical (unpaired) electrons. The lowest BCUT2D eigenvalue weighted by molar-refractivity contribution is 0.462. The SMILES string of the molecule is Nc1c(NCc2ccccc2)nc(-c2ccccc2)nc1NC1CCCCC1. The fourth-order valence-electron chi connectivity index (χ4n) is 3.65. The predicted molar refractivity (Wildman–Crippen MR) is 116 cm³/mol. The van der Waals surface area contributed by atoms with Gasteiger partial charge >= 0.3 is 0 Å². The summed E-state index contributed by atoms with van der Waals surface area (Å²) in [6.07, 6.45) is 6.16. The lowest BCUT2D eigenvalue weighted by Crippen LogP contribution is -2.24. The number of anilines is 3. The van der Waals surface area contributed by atoms with Gasteiger partial charge in [0.25, 0.3) is 0 Å². The Labute approximate surface area is 166 Å². The highest BCUT2D eigenvalue weighted by Crippen LogP contribution is 2.30. The molecule has 0 atom stereocenters. The molecule has 4 N–H and O–H groups in total. The van der Waals surface area contributed by atoms with Crippen molar-refractivity contribution in [3.63, 3.8) is 0 Å². The summed E-state index contributed by atoms with van der Waals surface area (Å²) in [5.74, 6) is 2.09. The van der Waals surface area contributed by atoms with E-state index in [0.717, 1.165) is 24.2 Å². The number of aromatic nitrogens is 2. The van der Waals surface area contributed by atoms with Crippen LogP contribution in [0.3, 0.4) is 0 Å². The lowest BCUT2D eigenvalue weighted by Gasteiger charge is -2.24. The van der Waals surface area contributed by atoms with Gasteiger partial charge in [0.1, 0.15) is 5.69 Å². The molecule has 1 saturated carbocycles. The first kappa shape index (κ1) is 18.3. The number of nitrogens with two attached hydrogens (primary N) is 1. The molecule has 0 bridgehead atoms. The van der Waals surface area contributed by atoms with Gasteiger partial charge in [-0.3, -0.25) is 0 Å². The van der Waals surface area contributed by atoms with E-state index in [9.17, 15) is 0 Å². The van der Waals surface area contributed by atoms with E-state index < -0.39 is 0 Å². The van der Waals surface area contributed by atoms with Crippen LogP contribution in [0, 0.1) is 0 Å². The van der Waals surface area contributed by atoms with Crippen molar-refractivity contribution in [2.75, 3.05) is 16.4 Å². The largest absolute Gasteiger partial charge is 0.393 e. The third-order valence-electron chi connectivity index (χ3n) is 5.23. The molecule has 1 fully saturated rings. The van der Waals surface area contributed by atoms with Crippen LogP contribution in [0.2, 0.25) is 0 Å². The molecule has 5 heteroatoms. The number of nitrogens with zero attached hydrogens (tertiary/aromatic N) is 2. The van der Waals surface area contributed by atoms with Crippen LogP contribution in [0.1, 0.15) is 37.7 Å². The van der Waals surface area contributed by atoms with Gasteiger partial charge in [0.15, 0.2) is 17.5 Å². The first-order valence-corrected chi connectivity index (χ1v) is 10.1. The standard InChI is InChI=1S/C23H27N5/c24-20-22(25-16-17-10-4-1-5-11-17)27-21(18-12-6-2-7-13-18)28-23(20)26-19-14-8-3-9-15-19/h1-2,4-7,10-13,19H,3,8-9,14-16,24H2,(H2,25,26,27,28). The molecular weight excluding hydrogens is 346 g/mol. The molecule has 0 saturated heterocycles. The van der Waals surface area contributed by atoms with Gasteiger partial charge < -0.3 is 16.4 Å². The first-order chi connectivity index (χ1) is 13.8. The molecule has 1 heterocycles. The van der Waals surface area contributed by atoms with Crippen LogP contribution in [0.4, 0.5) is 17.3 Å². The highest BCUT2D eigenvalue weighted by atomic mass is 15.1. The monoisotopic (exact) mass is 373 g/mol. The maximum atomic E-state index is 6.46. The molecule has 1 aliphatic rings. The van der Waals surface area contributed by atoms with Crippen LogP contribution in [0.15, 0.2) is 60.7 Å². The molecule has 3 aromatic rings. The maximum absolute atomic E-state index is 6.46. The Morgan fingerprint density at radius 3 is 2.18 bits per heavy atom.